The average Bonchev–Trinajstić information content (AvgIpc) is 2.78. The Balaban J connectivity index is 2.01. The standard InChI is InChI=1S/C13H21N3OS/c1-9(2)10-8-15-12(18-10)16-11(17)13(14)6-4-3-5-7-13/h8-9H,3-7,14H2,1-2H3,(H,15,16,17). The highest BCUT2D eigenvalue weighted by Gasteiger charge is 2.35. The van der Waals surface area contributed by atoms with Crippen LogP contribution in [0.3, 0.4) is 0 Å². The van der Waals surface area contributed by atoms with Gasteiger partial charge in [0.2, 0.25) is 5.91 Å². The highest BCUT2D eigenvalue weighted by atomic mass is 32.1. The maximum absolute atomic E-state index is 12.2. The second kappa shape index (κ2) is 5.36. The van der Waals surface area contributed by atoms with Crippen LogP contribution in [0.2, 0.25) is 0 Å². The van der Waals surface area contributed by atoms with Crippen LogP contribution in [0, 0.1) is 0 Å². The molecule has 1 aromatic rings. The fourth-order valence-corrected chi connectivity index (χ4v) is 3.06. The zero-order chi connectivity index (χ0) is 13.2. The van der Waals surface area contributed by atoms with Crippen molar-refractivity contribution in [2.24, 2.45) is 5.73 Å². The second-order valence-electron chi connectivity index (χ2n) is 5.39. The predicted octanol–water partition coefficient (Wildman–Crippen LogP) is 2.87. The van der Waals surface area contributed by atoms with Gasteiger partial charge in [0.05, 0.1) is 5.54 Å². The van der Waals surface area contributed by atoms with E-state index in [1.807, 2.05) is 6.20 Å². The van der Waals surface area contributed by atoms with Gasteiger partial charge in [-0.3, -0.25) is 4.79 Å². The molecule has 0 aliphatic heterocycles. The molecule has 1 fully saturated rings. The van der Waals surface area contributed by atoms with E-state index in [2.05, 4.69) is 24.1 Å². The lowest BCUT2D eigenvalue weighted by Crippen LogP contribution is -2.52. The van der Waals surface area contributed by atoms with Crippen molar-refractivity contribution in [3.8, 4) is 0 Å². The molecular weight excluding hydrogens is 246 g/mol. The van der Waals surface area contributed by atoms with E-state index in [1.165, 1.54) is 22.6 Å². The Morgan fingerprint density at radius 1 is 1.44 bits per heavy atom. The summed E-state index contributed by atoms with van der Waals surface area (Å²) in [6, 6.07) is 0. The SMILES string of the molecule is CC(C)c1cnc(NC(=O)C2(N)CCCCC2)s1. The molecule has 1 aliphatic carbocycles. The number of nitrogens with two attached hydrogens (primary N) is 1. The quantitative estimate of drug-likeness (QED) is 0.885. The topological polar surface area (TPSA) is 68.0 Å². The monoisotopic (exact) mass is 267 g/mol. The molecule has 1 saturated carbocycles. The first-order valence-corrected chi connectivity index (χ1v) is 7.39. The normalized spacial score (nSPS) is 18.9. The van der Waals surface area contributed by atoms with Crippen LogP contribution in [-0.2, 0) is 4.79 Å². The van der Waals surface area contributed by atoms with Crippen LogP contribution in [0.25, 0.3) is 0 Å². The molecule has 0 aromatic carbocycles. The molecule has 1 aromatic heterocycles. The van der Waals surface area contributed by atoms with Gasteiger partial charge in [0, 0.05) is 11.1 Å². The minimum absolute atomic E-state index is 0.0770. The Morgan fingerprint density at radius 3 is 2.67 bits per heavy atom. The van der Waals surface area contributed by atoms with Gasteiger partial charge in [0.1, 0.15) is 0 Å². The molecule has 0 bridgehead atoms. The summed E-state index contributed by atoms with van der Waals surface area (Å²) >= 11 is 1.53. The number of carbonyl (C=O) groups excluding carboxylic acids is 1. The van der Waals surface area contributed by atoms with E-state index in [4.69, 9.17) is 5.73 Å². The van der Waals surface area contributed by atoms with Gasteiger partial charge < -0.3 is 11.1 Å². The number of amides is 1. The van der Waals surface area contributed by atoms with Crippen molar-refractivity contribution in [3.63, 3.8) is 0 Å². The largest absolute Gasteiger partial charge is 0.317 e. The highest BCUT2D eigenvalue weighted by molar-refractivity contribution is 7.15. The van der Waals surface area contributed by atoms with Crippen molar-refractivity contribution in [2.75, 3.05) is 5.32 Å². The summed E-state index contributed by atoms with van der Waals surface area (Å²) in [5.41, 5.74) is 5.49. The summed E-state index contributed by atoms with van der Waals surface area (Å²) in [6.45, 7) is 4.23. The summed E-state index contributed by atoms with van der Waals surface area (Å²) in [5.74, 6) is 0.363. The number of anilines is 1. The third-order valence-electron chi connectivity index (χ3n) is 3.51. The van der Waals surface area contributed by atoms with Crippen LogP contribution < -0.4 is 11.1 Å². The van der Waals surface area contributed by atoms with Crippen LogP contribution in [0.15, 0.2) is 6.20 Å². The number of hydrogen-bond donors (Lipinski definition) is 2. The molecule has 1 heterocycles. The van der Waals surface area contributed by atoms with Gasteiger partial charge >= 0.3 is 0 Å². The fourth-order valence-electron chi connectivity index (χ4n) is 2.24. The number of hydrogen-bond acceptors (Lipinski definition) is 4. The van der Waals surface area contributed by atoms with Gasteiger partial charge in [0.25, 0.3) is 0 Å². The van der Waals surface area contributed by atoms with Crippen LogP contribution in [0.5, 0.6) is 0 Å². The third kappa shape index (κ3) is 2.90. The van der Waals surface area contributed by atoms with Crippen molar-refractivity contribution in [2.45, 2.75) is 57.4 Å². The zero-order valence-electron chi connectivity index (χ0n) is 11.0. The Morgan fingerprint density at radius 2 is 2.11 bits per heavy atom. The molecule has 100 valence electrons. The van der Waals surface area contributed by atoms with E-state index in [0.717, 1.165) is 25.7 Å². The molecule has 0 spiro atoms. The van der Waals surface area contributed by atoms with Gasteiger partial charge in [-0.1, -0.05) is 33.1 Å². The summed E-state index contributed by atoms with van der Waals surface area (Å²) in [6.07, 6.45) is 6.65. The van der Waals surface area contributed by atoms with Crippen LogP contribution in [0.1, 0.15) is 56.7 Å². The summed E-state index contributed by atoms with van der Waals surface area (Å²) in [7, 11) is 0. The second-order valence-corrected chi connectivity index (χ2v) is 6.46. The molecule has 0 unspecified atom stereocenters. The molecule has 5 heteroatoms. The molecule has 4 nitrogen and oxygen atoms in total. The molecule has 18 heavy (non-hydrogen) atoms. The molecule has 0 radical (unpaired) electrons. The maximum Gasteiger partial charge on any atom is 0.246 e. The summed E-state index contributed by atoms with van der Waals surface area (Å²) in [4.78, 5) is 17.6. The smallest absolute Gasteiger partial charge is 0.246 e. The highest BCUT2D eigenvalue weighted by Crippen LogP contribution is 2.29. The van der Waals surface area contributed by atoms with Crippen molar-refractivity contribution < 1.29 is 4.79 Å². The van der Waals surface area contributed by atoms with E-state index in [-0.39, 0.29) is 5.91 Å². The number of aromatic nitrogens is 1. The molecule has 1 aliphatic rings. The number of thiazole rings is 1. The fraction of sp³-hybridized carbons (Fsp3) is 0.692. The Bertz CT molecular complexity index is 422. The molecule has 2 rings (SSSR count). The maximum atomic E-state index is 12.2. The third-order valence-corrected chi connectivity index (χ3v) is 4.72. The summed E-state index contributed by atoms with van der Waals surface area (Å²) in [5, 5.41) is 3.54. The lowest BCUT2D eigenvalue weighted by Gasteiger charge is -2.31. The van der Waals surface area contributed by atoms with Gasteiger partial charge in [-0.25, -0.2) is 4.98 Å². The van der Waals surface area contributed by atoms with Crippen molar-refractivity contribution in [1.82, 2.24) is 4.98 Å². The van der Waals surface area contributed by atoms with E-state index in [1.54, 1.807) is 0 Å². The first-order valence-electron chi connectivity index (χ1n) is 6.57. The van der Waals surface area contributed by atoms with Crippen LogP contribution >= 0.6 is 11.3 Å². The van der Waals surface area contributed by atoms with Gasteiger partial charge in [-0.2, -0.15) is 0 Å². The van der Waals surface area contributed by atoms with Crippen LogP contribution in [0.4, 0.5) is 5.13 Å². The lowest BCUT2D eigenvalue weighted by atomic mass is 9.82. The minimum atomic E-state index is -0.693. The lowest BCUT2D eigenvalue weighted by molar-refractivity contribution is -0.122. The first kappa shape index (κ1) is 13.5. The zero-order valence-corrected chi connectivity index (χ0v) is 11.8. The average molecular weight is 267 g/mol. The number of rotatable bonds is 3. The number of carbonyl (C=O) groups is 1. The molecule has 1 amide bonds. The van der Waals surface area contributed by atoms with Crippen molar-refractivity contribution in [1.29, 1.82) is 0 Å². The number of nitrogens with one attached hydrogen (secondary N) is 1. The molecule has 0 saturated heterocycles. The van der Waals surface area contributed by atoms with Gasteiger partial charge in [0.15, 0.2) is 5.13 Å². The predicted molar refractivity (Wildman–Crippen MR) is 74.8 cm³/mol. The van der Waals surface area contributed by atoms with E-state index in [0.29, 0.717) is 11.0 Å². The molecule has 0 atom stereocenters. The van der Waals surface area contributed by atoms with Crippen LogP contribution in [-0.4, -0.2) is 16.4 Å². The number of nitrogens with zero attached hydrogens (tertiary/aromatic N) is 1. The van der Waals surface area contributed by atoms with Gasteiger partial charge in [-0.15, -0.1) is 11.3 Å². The Hall–Kier alpha value is -0.940. The van der Waals surface area contributed by atoms with E-state index < -0.39 is 5.54 Å². The minimum Gasteiger partial charge on any atom is -0.317 e. The summed E-state index contributed by atoms with van der Waals surface area (Å²) < 4.78 is 0. The van der Waals surface area contributed by atoms with Crippen molar-refractivity contribution in [3.05, 3.63) is 11.1 Å². The Labute approximate surface area is 112 Å². The molecule has 3 N–H and O–H groups in total. The Kier molecular flexibility index (Phi) is 4.02. The van der Waals surface area contributed by atoms with E-state index >= 15 is 0 Å². The molecular formula is C13H21N3OS. The van der Waals surface area contributed by atoms with Gasteiger partial charge in [-0.05, 0) is 18.8 Å². The first-order chi connectivity index (χ1) is 8.51. The van der Waals surface area contributed by atoms with Crippen molar-refractivity contribution >= 4 is 22.4 Å². The van der Waals surface area contributed by atoms with E-state index in [9.17, 15) is 4.79 Å².